The van der Waals surface area contributed by atoms with Crippen molar-refractivity contribution in [1.29, 1.82) is 0 Å². The van der Waals surface area contributed by atoms with Crippen molar-refractivity contribution in [3.63, 3.8) is 0 Å². The van der Waals surface area contributed by atoms with Gasteiger partial charge in [-0.05, 0) is 12.8 Å². The standard InChI is InChI=1S/C13H23N5O2S/c1-20-7-6-16-13-18-11(15)10(21-13)12(19)17-9-5-3-2-4-8(9)14/h8-9H,2-7,14-15H2,1H3,(H,16,18)(H,17,19). The predicted octanol–water partition coefficient (Wildman–Crippen LogP) is 0.783. The van der Waals surface area contributed by atoms with E-state index in [9.17, 15) is 4.79 Å². The molecule has 21 heavy (non-hydrogen) atoms. The fourth-order valence-corrected chi connectivity index (χ4v) is 3.22. The summed E-state index contributed by atoms with van der Waals surface area (Å²) in [6, 6.07) is 0.0498. The van der Waals surface area contributed by atoms with Crippen LogP contribution in [0.4, 0.5) is 10.9 Å². The van der Waals surface area contributed by atoms with E-state index in [4.69, 9.17) is 16.2 Å². The number of amides is 1. The first-order valence-corrected chi connectivity index (χ1v) is 7.99. The lowest BCUT2D eigenvalue weighted by Crippen LogP contribution is -2.49. The highest BCUT2D eigenvalue weighted by Crippen LogP contribution is 2.25. The third-order valence-corrected chi connectivity index (χ3v) is 4.61. The molecule has 1 amide bonds. The molecule has 2 unspecified atom stereocenters. The highest BCUT2D eigenvalue weighted by Gasteiger charge is 2.25. The van der Waals surface area contributed by atoms with E-state index in [-0.39, 0.29) is 23.8 Å². The minimum absolute atomic E-state index is 0.0242. The van der Waals surface area contributed by atoms with Gasteiger partial charge in [-0.2, -0.15) is 0 Å². The first-order valence-electron chi connectivity index (χ1n) is 7.17. The monoisotopic (exact) mass is 313 g/mol. The minimum atomic E-state index is -0.188. The van der Waals surface area contributed by atoms with Crippen molar-refractivity contribution in [2.75, 3.05) is 31.3 Å². The molecular weight excluding hydrogens is 290 g/mol. The molecule has 8 heteroatoms. The number of methoxy groups -OCH3 is 1. The van der Waals surface area contributed by atoms with Crippen LogP contribution in [-0.2, 0) is 4.74 Å². The summed E-state index contributed by atoms with van der Waals surface area (Å²) in [4.78, 5) is 16.9. The first kappa shape index (κ1) is 16.0. The molecular formula is C13H23N5O2S. The van der Waals surface area contributed by atoms with Gasteiger partial charge in [-0.3, -0.25) is 4.79 Å². The van der Waals surface area contributed by atoms with Crippen molar-refractivity contribution in [1.82, 2.24) is 10.3 Å². The molecule has 0 radical (unpaired) electrons. The van der Waals surface area contributed by atoms with Crippen LogP contribution in [0, 0.1) is 0 Å². The molecule has 1 aromatic heterocycles. The lowest BCUT2D eigenvalue weighted by Gasteiger charge is -2.29. The number of hydrogen-bond acceptors (Lipinski definition) is 7. The predicted molar refractivity (Wildman–Crippen MR) is 84.6 cm³/mol. The van der Waals surface area contributed by atoms with Crippen molar-refractivity contribution in [2.45, 2.75) is 37.8 Å². The van der Waals surface area contributed by atoms with E-state index in [1.807, 2.05) is 0 Å². The van der Waals surface area contributed by atoms with Crippen LogP contribution in [0.1, 0.15) is 35.4 Å². The number of anilines is 2. The van der Waals surface area contributed by atoms with Crippen LogP contribution in [0.5, 0.6) is 0 Å². The van der Waals surface area contributed by atoms with Gasteiger partial charge >= 0.3 is 0 Å². The van der Waals surface area contributed by atoms with Gasteiger partial charge in [0.15, 0.2) is 5.13 Å². The van der Waals surface area contributed by atoms with Crippen LogP contribution in [0.25, 0.3) is 0 Å². The Morgan fingerprint density at radius 1 is 1.48 bits per heavy atom. The third-order valence-electron chi connectivity index (χ3n) is 3.58. The summed E-state index contributed by atoms with van der Waals surface area (Å²) < 4.78 is 4.95. The smallest absolute Gasteiger partial charge is 0.265 e. The number of nitrogens with zero attached hydrogens (tertiary/aromatic N) is 1. The van der Waals surface area contributed by atoms with Crippen LogP contribution in [0.15, 0.2) is 0 Å². The zero-order valence-corrected chi connectivity index (χ0v) is 13.0. The molecule has 0 saturated heterocycles. The maximum Gasteiger partial charge on any atom is 0.265 e. The molecule has 1 saturated carbocycles. The number of thiazole rings is 1. The second-order valence-corrected chi connectivity index (χ2v) is 6.18. The Balaban J connectivity index is 1.95. The van der Waals surface area contributed by atoms with E-state index in [0.29, 0.717) is 23.2 Å². The van der Waals surface area contributed by atoms with Gasteiger partial charge in [-0.15, -0.1) is 0 Å². The van der Waals surface area contributed by atoms with Crippen LogP contribution < -0.4 is 22.1 Å². The number of nitrogen functional groups attached to an aromatic ring is 1. The Bertz CT molecular complexity index is 479. The normalized spacial score (nSPS) is 22.0. The Morgan fingerprint density at radius 2 is 2.24 bits per heavy atom. The van der Waals surface area contributed by atoms with Crippen molar-refractivity contribution in [3.8, 4) is 0 Å². The van der Waals surface area contributed by atoms with Crippen molar-refractivity contribution >= 4 is 28.2 Å². The zero-order chi connectivity index (χ0) is 15.2. The Hall–Kier alpha value is -1.38. The van der Waals surface area contributed by atoms with Crippen molar-refractivity contribution in [3.05, 3.63) is 4.88 Å². The van der Waals surface area contributed by atoms with E-state index in [1.165, 1.54) is 11.3 Å². The fourth-order valence-electron chi connectivity index (χ4n) is 2.40. The van der Waals surface area contributed by atoms with E-state index in [1.54, 1.807) is 7.11 Å². The highest BCUT2D eigenvalue weighted by atomic mass is 32.1. The molecule has 1 aliphatic rings. The molecule has 0 aromatic carbocycles. The van der Waals surface area contributed by atoms with Gasteiger partial charge in [0.1, 0.15) is 10.7 Å². The molecule has 7 nitrogen and oxygen atoms in total. The second kappa shape index (κ2) is 7.58. The van der Waals surface area contributed by atoms with Crippen molar-refractivity contribution < 1.29 is 9.53 Å². The summed E-state index contributed by atoms with van der Waals surface area (Å²) in [6.45, 7) is 1.19. The number of nitrogens with one attached hydrogen (secondary N) is 2. The van der Waals surface area contributed by atoms with Gasteiger partial charge in [0.05, 0.1) is 6.61 Å². The van der Waals surface area contributed by atoms with Crippen LogP contribution in [-0.4, -0.2) is 43.2 Å². The molecule has 118 valence electrons. The van der Waals surface area contributed by atoms with E-state index >= 15 is 0 Å². The minimum Gasteiger partial charge on any atom is -0.383 e. The molecule has 0 spiro atoms. The maximum atomic E-state index is 12.3. The number of rotatable bonds is 6. The number of carbonyl (C=O) groups excluding carboxylic acids is 1. The molecule has 1 aromatic rings. The van der Waals surface area contributed by atoms with Gasteiger partial charge in [-0.25, -0.2) is 4.98 Å². The van der Waals surface area contributed by atoms with E-state index in [2.05, 4.69) is 15.6 Å². The lowest BCUT2D eigenvalue weighted by molar-refractivity contribution is 0.0926. The molecule has 1 fully saturated rings. The maximum absolute atomic E-state index is 12.3. The fraction of sp³-hybridized carbons (Fsp3) is 0.692. The SMILES string of the molecule is COCCNc1nc(N)c(C(=O)NC2CCCCC2N)s1. The molecule has 1 heterocycles. The van der Waals surface area contributed by atoms with Gasteiger partial charge < -0.3 is 26.8 Å². The number of nitrogens with two attached hydrogens (primary N) is 2. The molecule has 1 aliphatic carbocycles. The quantitative estimate of drug-likeness (QED) is 0.577. The second-order valence-electron chi connectivity index (χ2n) is 5.18. The van der Waals surface area contributed by atoms with Crippen LogP contribution in [0.3, 0.4) is 0 Å². The molecule has 0 bridgehead atoms. The van der Waals surface area contributed by atoms with Gasteiger partial charge in [0.25, 0.3) is 5.91 Å². The Kier molecular flexibility index (Phi) is 5.77. The third kappa shape index (κ3) is 4.29. The first-order chi connectivity index (χ1) is 10.1. The summed E-state index contributed by atoms with van der Waals surface area (Å²) in [5, 5.41) is 6.68. The summed E-state index contributed by atoms with van der Waals surface area (Å²) in [5.41, 5.74) is 11.9. The molecule has 6 N–H and O–H groups in total. The van der Waals surface area contributed by atoms with E-state index < -0.39 is 0 Å². The van der Waals surface area contributed by atoms with Gasteiger partial charge in [-0.1, -0.05) is 24.2 Å². The zero-order valence-electron chi connectivity index (χ0n) is 12.2. The summed E-state index contributed by atoms with van der Waals surface area (Å²) in [6.07, 6.45) is 4.10. The lowest BCUT2D eigenvalue weighted by atomic mass is 9.91. The number of ether oxygens (including phenoxy) is 1. The number of aromatic nitrogens is 1. The molecule has 2 atom stereocenters. The highest BCUT2D eigenvalue weighted by molar-refractivity contribution is 7.18. The van der Waals surface area contributed by atoms with Crippen LogP contribution in [0.2, 0.25) is 0 Å². The largest absolute Gasteiger partial charge is 0.383 e. The topological polar surface area (TPSA) is 115 Å². The summed E-state index contributed by atoms with van der Waals surface area (Å²) >= 11 is 1.25. The summed E-state index contributed by atoms with van der Waals surface area (Å²) in [5.74, 6) is 0.0638. The summed E-state index contributed by atoms with van der Waals surface area (Å²) in [7, 11) is 1.63. The molecule has 2 rings (SSSR count). The van der Waals surface area contributed by atoms with Crippen molar-refractivity contribution in [2.24, 2.45) is 5.73 Å². The number of hydrogen-bond donors (Lipinski definition) is 4. The average molecular weight is 313 g/mol. The Morgan fingerprint density at radius 3 is 2.95 bits per heavy atom. The Labute approximate surface area is 128 Å². The van der Waals surface area contributed by atoms with Crippen LogP contribution >= 0.6 is 11.3 Å². The van der Waals surface area contributed by atoms with E-state index in [0.717, 1.165) is 25.7 Å². The number of carbonyl (C=O) groups is 1. The average Bonchev–Trinajstić information content (AvgIpc) is 2.83. The van der Waals surface area contributed by atoms with Gasteiger partial charge in [0.2, 0.25) is 0 Å². The van der Waals surface area contributed by atoms with Gasteiger partial charge in [0, 0.05) is 25.7 Å². The molecule has 0 aliphatic heterocycles.